The van der Waals surface area contributed by atoms with Crippen molar-refractivity contribution < 1.29 is 9.59 Å². The highest BCUT2D eigenvalue weighted by molar-refractivity contribution is 6.36. The van der Waals surface area contributed by atoms with Crippen LogP contribution in [0, 0.1) is 0 Å². The van der Waals surface area contributed by atoms with Crippen molar-refractivity contribution in [1.29, 1.82) is 0 Å². The molecule has 0 aliphatic carbocycles. The average Bonchev–Trinajstić information content (AvgIpc) is 2.57. The number of carbonyl (C=O) groups is 2. The van der Waals surface area contributed by atoms with Crippen LogP contribution >= 0.6 is 23.2 Å². The lowest BCUT2D eigenvalue weighted by molar-refractivity contribution is 0.0937. The molecule has 0 heterocycles. The molecular formula is C18H18Cl2N2O2. The van der Waals surface area contributed by atoms with Crippen LogP contribution in [0.25, 0.3) is 0 Å². The number of nitrogens with one attached hydrogen (secondary N) is 2. The zero-order valence-corrected chi connectivity index (χ0v) is 14.9. The minimum atomic E-state index is -0.312. The molecule has 2 amide bonds. The van der Waals surface area contributed by atoms with E-state index in [1.54, 1.807) is 42.5 Å². The van der Waals surface area contributed by atoms with Crippen LogP contribution in [-0.4, -0.2) is 17.9 Å². The zero-order chi connectivity index (χ0) is 17.7. The van der Waals surface area contributed by atoms with Crippen LogP contribution in [0.1, 0.15) is 41.0 Å². The van der Waals surface area contributed by atoms with E-state index in [0.717, 1.165) is 6.42 Å². The zero-order valence-electron chi connectivity index (χ0n) is 13.4. The first-order valence-electron chi connectivity index (χ1n) is 7.58. The maximum absolute atomic E-state index is 12.3. The van der Waals surface area contributed by atoms with E-state index < -0.39 is 0 Å². The normalized spacial score (nSPS) is 11.7. The first-order chi connectivity index (χ1) is 11.4. The van der Waals surface area contributed by atoms with Crippen LogP contribution in [0.4, 0.5) is 5.69 Å². The lowest BCUT2D eigenvalue weighted by Gasteiger charge is -2.12. The Hall–Kier alpha value is -2.04. The van der Waals surface area contributed by atoms with Gasteiger partial charge in [0.25, 0.3) is 11.8 Å². The molecule has 126 valence electrons. The molecule has 2 aromatic rings. The Labute approximate surface area is 151 Å². The Balaban J connectivity index is 2.07. The van der Waals surface area contributed by atoms with E-state index >= 15 is 0 Å². The predicted molar refractivity (Wildman–Crippen MR) is 98.1 cm³/mol. The van der Waals surface area contributed by atoms with Crippen LogP contribution in [-0.2, 0) is 0 Å². The van der Waals surface area contributed by atoms with Gasteiger partial charge in [-0.15, -0.1) is 0 Å². The Morgan fingerprint density at radius 1 is 1.00 bits per heavy atom. The summed E-state index contributed by atoms with van der Waals surface area (Å²) in [4.78, 5) is 24.3. The third-order valence-corrected chi connectivity index (χ3v) is 4.13. The van der Waals surface area contributed by atoms with Gasteiger partial charge in [-0.2, -0.15) is 0 Å². The standard InChI is InChI=1S/C18H18Cl2N2O2/c1-3-11(2)21-17(23)12-4-6-13(7-5-12)18(24)22-16-9-8-14(19)10-15(16)20/h4-11H,3H2,1-2H3,(H,21,23)(H,22,24). The Morgan fingerprint density at radius 2 is 1.58 bits per heavy atom. The summed E-state index contributed by atoms with van der Waals surface area (Å²) in [6.07, 6.45) is 0.855. The van der Waals surface area contributed by atoms with Crippen LogP contribution in [0.5, 0.6) is 0 Å². The van der Waals surface area contributed by atoms with E-state index in [-0.39, 0.29) is 17.9 Å². The van der Waals surface area contributed by atoms with Gasteiger partial charge in [-0.25, -0.2) is 0 Å². The van der Waals surface area contributed by atoms with Crippen LogP contribution in [0.2, 0.25) is 10.0 Å². The number of rotatable bonds is 5. The summed E-state index contributed by atoms with van der Waals surface area (Å²) < 4.78 is 0. The molecule has 6 heteroatoms. The fraction of sp³-hybridized carbons (Fsp3) is 0.222. The molecule has 0 saturated heterocycles. The van der Waals surface area contributed by atoms with Crippen LogP contribution in [0.3, 0.4) is 0 Å². The fourth-order valence-electron chi connectivity index (χ4n) is 1.97. The molecule has 0 aromatic heterocycles. The highest BCUT2D eigenvalue weighted by atomic mass is 35.5. The largest absolute Gasteiger partial charge is 0.350 e. The summed E-state index contributed by atoms with van der Waals surface area (Å²) in [7, 11) is 0. The summed E-state index contributed by atoms with van der Waals surface area (Å²) in [5.74, 6) is -0.467. The molecule has 0 aliphatic heterocycles. The molecule has 0 fully saturated rings. The van der Waals surface area contributed by atoms with Crippen molar-refractivity contribution in [3.8, 4) is 0 Å². The van der Waals surface area contributed by atoms with E-state index in [4.69, 9.17) is 23.2 Å². The smallest absolute Gasteiger partial charge is 0.255 e. The summed E-state index contributed by atoms with van der Waals surface area (Å²) >= 11 is 11.9. The Kier molecular flexibility index (Phi) is 6.23. The van der Waals surface area contributed by atoms with E-state index in [1.165, 1.54) is 0 Å². The summed E-state index contributed by atoms with van der Waals surface area (Å²) in [6.45, 7) is 3.94. The number of hydrogen-bond donors (Lipinski definition) is 2. The molecule has 0 saturated carbocycles. The summed E-state index contributed by atoms with van der Waals surface area (Å²) in [5, 5.41) is 6.45. The SMILES string of the molecule is CCC(C)NC(=O)c1ccc(C(=O)Nc2ccc(Cl)cc2Cl)cc1. The van der Waals surface area contributed by atoms with E-state index in [2.05, 4.69) is 10.6 Å². The molecule has 24 heavy (non-hydrogen) atoms. The topological polar surface area (TPSA) is 58.2 Å². The van der Waals surface area contributed by atoms with Crippen molar-refractivity contribution in [3.05, 3.63) is 63.6 Å². The van der Waals surface area contributed by atoms with Gasteiger partial charge >= 0.3 is 0 Å². The first-order valence-corrected chi connectivity index (χ1v) is 8.33. The molecule has 0 bridgehead atoms. The van der Waals surface area contributed by atoms with Crippen molar-refractivity contribution in [1.82, 2.24) is 5.32 Å². The monoisotopic (exact) mass is 364 g/mol. The summed E-state index contributed by atoms with van der Waals surface area (Å²) in [6, 6.07) is 11.4. The number of anilines is 1. The van der Waals surface area contributed by atoms with Crippen molar-refractivity contribution in [2.45, 2.75) is 26.3 Å². The molecule has 0 spiro atoms. The van der Waals surface area contributed by atoms with E-state index in [0.29, 0.717) is 26.9 Å². The second kappa shape index (κ2) is 8.18. The van der Waals surface area contributed by atoms with E-state index in [9.17, 15) is 9.59 Å². The van der Waals surface area contributed by atoms with Gasteiger partial charge in [0.1, 0.15) is 0 Å². The average molecular weight is 365 g/mol. The predicted octanol–water partition coefficient (Wildman–Crippen LogP) is 4.77. The minimum Gasteiger partial charge on any atom is -0.350 e. The van der Waals surface area contributed by atoms with Gasteiger partial charge in [0, 0.05) is 22.2 Å². The van der Waals surface area contributed by atoms with Gasteiger partial charge in [-0.05, 0) is 55.8 Å². The molecule has 2 N–H and O–H groups in total. The third kappa shape index (κ3) is 4.73. The van der Waals surface area contributed by atoms with Crippen molar-refractivity contribution in [2.24, 2.45) is 0 Å². The van der Waals surface area contributed by atoms with Crippen molar-refractivity contribution in [2.75, 3.05) is 5.32 Å². The maximum Gasteiger partial charge on any atom is 0.255 e. The second-order valence-electron chi connectivity index (χ2n) is 5.44. The number of halogens is 2. The molecule has 1 atom stereocenters. The van der Waals surface area contributed by atoms with Gasteiger partial charge in [-0.1, -0.05) is 30.1 Å². The second-order valence-corrected chi connectivity index (χ2v) is 6.28. The van der Waals surface area contributed by atoms with Gasteiger partial charge in [0.15, 0.2) is 0 Å². The molecule has 0 aliphatic rings. The lowest BCUT2D eigenvalue weighted by atomic mass is 10.1. The third-order valence-electron chi connectivity index (χ3n) is 3.58. The number of amides is 2. The lowest BCUT2D eigenvalue weighted by Crippen LogP contribution is -2.31. The molecule has 4 nitrogen and oxygen atoms in total. The van der Waals surface area contributed by atoms with Crippen molar-refractivity contribution in [3.63, 3.8) is 0 Å². The number of carbonyl (C=O) groups excluding carboxylic acids is 2. The maximum atomic E-state index is 12.3. The van der Waals surface area contributed by atoms with E-state index in [1.807, 2.05) is 13.8 Å². The van der Waals surface area contributed by atoms with Crippen molar-refractivity contribution >= 4 is 40.7 Å². The van der Waals surface area contributed by atoms with Gasteiger partial charge in [0.2, 0.25) is 0 Å². The Morgan fingerprint density at radius 3 is 2.12 bits per heavy atom. The van der Waals surface area contributed by atoms with Crippen LogP contribution in [0.15, 0.2) is 42.5 Å². The quantitative estimate of drug-likeness (QED) is 0.802. The molecule has 2 aromatic carbocycles. The highest BCUT2D eigenvalue weighted by Crippen LogP contribution is 2.25. The molecular weight excluding hydrogens is 347 g/mol. The summed E-state index contributed by atoms with van der Waals surface area (Å²) in [5.41, 5.74) is 1.42. The highest BCUT2D eigenvalue weighted by Gasteiger charge is 2.12. The molecule has 2 rings (SSSR count). The fourth-order valence-corrected chi connectivity index (χ4v) is 2.42. The minimum absolute atomic E-state index is 0.104. The van der Waals surface area contributed by atoms with Gasteiger partial charge < -0.3 is 10.6 Å². The Bertz CT molecular complexity index is 745. The van der Waals surface area contributed by atoms with Gasteiger partial charge in [-0.3, -0.25) is 9.59 Å². The molecule has 1 unspecified atom stereocenters. The number of benzene rings is 2. The number of hydrogen-bond acceptors (Lipinski definition) is 2. The van der Waals surface area contributed by atoms with Crippen LogP contribution < -0.4 is 10.6 Å². The molecule has 0 radical (unpaired) electrons. The first kappa shape index (κ1) is 18.3. The van der Waals surface area contributed by atoms with Gasteiger partial charge in [0.05, 0.1) is 10.7 Å².